The second kappa shape index (κ2) is 6.06. The molecule has 1 saturated carbocycles. The van der Waals surface area contributed by atoms with Crippen molar-refractivity contribution in [3.63, 3.8) is 0 Å². The van der Waals surface area contributed by atoms with Gasteiger partial charge in [0.1, 0.15) is 0 Å². The van der Waals surface area contributed by atoms with Crippen LogP contribution < -0.4 is 11.1 Å². The predicted molar refractivity (Wildman–Crippen MR) is 92.3 cm³/mol. The van der Waals surface area contributed by atoms with Gasteiger partial charge in [-0.05, 0) is 66.5 Å². The molecule has 0 spiro atoms. The minimum Gasteiger partial charge on any atom is -0.378 e. The smallest absolute Gasteiger partial charge is 0.378 e. The average Bonchev–Trinajstić information content (AvgIpc) is 3.05. The number of hydrogen-bond acceptors (Lipinski definition) is 2. The summed E-state index contributed by atoms with van der Waals surface area (Å²) in [7, 11) is 0. The van der Waals surface area contributed by atoms with Gasteiger partial charge < -0.3 is 11.1 Å². The summed E-state index contributed by atoms with van der Waals surface area (Å²) >= 11 is 0. The van der Waals surface area contributed by atoms with Gasteiger partial charge in [0, 0.05) is 5.69 Å². The fraction of sp³-hybridized carbons (Fsp3) is 0.400. The molecule has 0 bridgehead atoms. The summed E-state index contributed by atoms with van der Waals surface area (Å²) in [5, 5.41) is 3.50. The lowest BCUT2D eigenvalue weighted by Gasteiger charge is -2.38. The summed E-state index contributed by atoms with van der Waals surface area (Å²) in [5.41, 5.74) is 8.12. The fourth-order valence-corrected chi connectivity index (χ4v) is 4.54. The van der Waals surface area contributed by atoms with Gasteiger partial charge in [-0.25, -0.2) is 0 Å². The van der Waals surface area contributed by atoms with Crippen LogP contribution in [-0.2, 0) is 6.18 Å². The highest BCUT2D eigenvalue weighted by molar-refractivity contribution is 5.59. The minimum absolute atomic E-state index is 0.118. The summed E-state index contributed by atoms with van der Waals surface area (Å²) < 4.78 is 39.4. The Labute approximate surface area is 145 Å². The largest absolute Gasteiger partial charge is 0.416 e. The quantitative estimate of drug-likeness (QED) is 0.808. The summed E-state index contributed by atoms with van der Waals surface area (Å²) in [6.07, 6.45) is -2.50. The van der Waals surface area contributed by atoms with Crippen molar-refractivity contribution in [2.75, 3.05) is 11.9 Å². The first-order valence-electron chi connectivity index (χ1n) is 8.70. The molecule has 5 heteroatoms. The number of nitrogens with two attached hydrogens (primary N) is 1. The molecule has 0 radical (unpaired) electrons. The van der Waals surface area contributed by atoms with Crippen LogP contribution in [0.2, 0.25) is 0 Å². The van der Waals surface area contributed by atoms with E-state index in [4.69, 9.17) is 5.73 Å². The summed E-state index contributed by atoms with van der Waals surface area (Å²) in [6.45, 7) is 0.586. The van der Waals surface area contributed by atoms with Gasteiger partial charge in [-0.15, -0.1) is 0 Å². The number of alkyl halides is 3. The highest BCUT2D eigenvalue weighted by atomic mass is 19.4. The maximum absolute atomic E-state index is 13.1. The third-order valence-electron chi connectivity index (χ3n) is 5.72. The lowest BCUT2D eigenvalue weighted by Crippen LogP contribution is -2.29. The third-order valence-corrected chi connectivity index (χ3v) is 5.72. The molecule has 4 rings (SSSR count). The monoisotopic (exact) mass is 346 g/mol. The van der Waals surface area contributed by atoms with E-state index in [1.54, 1.807) is 6.07 Å². The van der Waals surface area contributed by atoms with Crippen molar-refractivity contribution in [3.8, 4) is 0 Å². The number of halogens is 3. The van der Waals surface area contributed by atoms with Crippen LogP contribution in [0, 0.1) is 11.8 Å². The molecule has 132 valence electrons. The Kier molecular flexibility index (Phi) is 3.99. The average molecular weight is 346 g/mol. The number of hydrogen-bond donors (Lipinski definition) is 2. The molecular formula is C20H21F3N2. The van der Waals surface area contributed by atoms with Crippen molar-refractivity contribution in [3.05, 3.63) is 65.2 Å². The molecular weight excluding hydrogens is 325 g/mol. The molecule has 1 aliphatic carbocycles. The van der Waals surface area contributed by atoms with E-state index >= 15 is 0 Å². The van der Waals surface area contributed by atoms with Crippen LogP contribution in [0.5, 0.6) is 0 Å². The first-order chi connectivity index (χ1) is 12.0. The van der Waals surface area contributed by atoms with E-state index in [-0.39, 0.29) is 17.9 Å². The molecule has 0 aromatic heterocycles. The van der Waals surface area contributed by atoms with Gasteiger partial charge in [-0.1, -0.05) is 30.3 Å². The van der Waals surface area contributed by atoms with Crippen molar-refractivity contribution in [2.24, 2.45) is 17.6 Å². The van der Waals surface area contributed by atoms with Crippen molar-refractivity contribution in [2.45, 2.75) is 31.0 Å². The highest BCUT2D eigenvalue weighted by Crippen LogP contribution is 2.55. The molecule has 4 atom stereocenters. The third kappa shape index (κ3) is 2.91. The zero-order valence-corrected chi connectivity index (χ0v) is 13.8. The standard InChI is InChI=1S/C20H21F3N2/c21-20(22,23)14-6-7-18-16(10-14)15-8-12(11-24)9-17(15)19(25-18)13-4-2-1-3-5-13/h1-7,10,12,15,17,19,25H,8-9,11,24H2/t12-,15+,17+,19-/m0/s1. The molecule has 2 nitrogen and oxygen atoms in total. The Bertz CT molecular complexity index is 757. The highest BCUT2D eigenvalue weighted by Gasteiger charge is 2.44. The van der Waals surface area contributed by atoms with Crippen LogP contribution in [0.25, 0.3) is 0 Å². The van der Waals surface area contributed by atoms with Crippen LogP contribution in [0.1, 0.15) is 41.5 Å². The topological polar surface area (TPSA) is 38.0 Å². The number of nitrogens with one attached hydrogen (secondary N) is 1. The Morgan fingerprint density at radius 1 is 1.04 bits per heavy atom. The van der Waals surface area contributed by atoms with Crippen molar-refractivity contribution < 1.29 is 13.2 Å². The van der Waals surface area contributed by atoms with Crippen LogP contribution in [-0.4, -0.2) is 6.54 Å². The van der Waals surface area contributed by atoms with E-state index in [0.29, 0.717) is 12.5 Å². The van der Waals surface area contributed by atoms with Gasteiger partial charge in [0.15, 0.2) is 0 Å². The van der Waals surface area contributed by atoms with E-state index in [2.05, 4.69) is 17.4 Å². The van der Waals surface area contributed by atoms with E-state index in [1.807, 2.05) is 18.2 Å². The second-order valence-electron chi connectivity index (χ2n) is 7.18. The van der Waals surface area contributed by atoms with Gasteiger partial charge in [0.2, 0.25) is 0 Å². The Hall–Kier alpha value is -2.01. The van der Waals surface area contributed by atoms with E-state index in [9.17, 15) is 13.2 Å². The zero-order valence-electron chi connectivity index (χ0n) is 13.8. The summed E-state index contributed by atoms with van der Waals surface area (Å²) in [5.74, 6) is 0.757. The lowest BCUT2D eigenvalue weighted by atomic mass is 9.77. The SMILES string of the molecule is NC[C@@H]1C[C@@H]2[C@H](C1)c1cc(C(F)(F)F)ccc1N[C@H]2c1ccccc1. The number of rotatable bonds is 2. The van der Waals surface area contributed by atoms with Crippen LogP contribution >= 0.6 is 0 Å². The summed E-state index contributed by atoms with van der Waals surface area (Å²) in [4.78, 5) is 0. The molecule has 2 aromatic carbocycles. The Morgan fingerprint density at radius 3 is 2.48 bits per heavy atom. The normalized spacial score (nSPS) is 28.2. The molecule has 25 heavy (non-hydrogen) atoms. The Morgan fingerprint density at radius 2 is 1.80 bits per heavy atom. The number of benzene rings is 2. The second-order valence-corrected chi connectivity index (χ2v) is 7.18. The number of fused-ring (bicyclic) bond motifs is 3. The van der Waals surface area contributed by atoms with Gasteiger partial charge in [-0.3, -0.25) is 0 Å². The first kappa shape index (κ1) is 16.5. The van der Waals surface area contributed by atoms with Crippen LogP contribution in [0.3, 0.4) is 0 Å². The first-order valence-corrected chi connectivity index (χ1v) is 8.70. The molecule has 0 unspecified atom stereocenters. The predicted octanol–water partition coefficient (Wildman–Crippen LogP) is 4.94. The Balaban J connectivity index is 1.77. The van der Waals surface area contributed by atoms with Crippen LogP contribution in [0.4, 0.5) is 18.9 Å². The molecule has 3 N–H and O–H groups in total. The zero-order chi connectivity index (χ0) is 17.6. The van der Waals surface area contributed by atoms with E-state index in [1.165, 1.54) is 17.7 Å². The molecule has 2 aliphatic rings. The van der Waals surface area contributed by atoms with Crippen molar-refractivity contribution in [1.29, 1.82) is 0 Å². The van der Waals surface area contributed by atoms with Gasteiger partial charge >= 0.3 is 6.18 Å². The van der Waals surface area contributed by atoms with Gasteiger partial charge in [0.25, 0.3) is 0 Å². The van der Waals surface area contributed by atoms with E-state index in [0.717, 1.165) is 24.1 Å². The molecule has 1 heterocycles. The fourth-order valence-electron chi connectivity index (χ4n) is 4.54. The maximum atomic E-state index is 13.1. The van der Waals surface area contributed by atoms with Gasteiger partial charge in [-0.2, -0.15) is 13.2 Å². The van der Waals surface area contributed by atoms with Crippen molar-refractivity contribution >= 4 is 5.69 Å². The van der Waals surface area contributed by atoms with Crippen molar-refractivity contribution in [1.82, 2.24) is 0 Å². The van der Waals surface area contributed by atoms with Crippen LogP contribution in [0.15, 0.2) is 48.5 Å². The molecule has 1 fully saturated rings. The maximum Gasteiger partial charge on any atom is 0.416 e. The molecule has 0 saturated heterocycles. The lowest BCUT2D eigenvalue weighted by molar-refractivity contribution is -0.137. The molecule has 1 aliphatic heterocycles. The van der Waals surface area contributed by atoms with E-state index < -0.39 is 11.7 Å². The summed E-state index contributed by atoms with van der Waals surface area (Å²) in [6, 6.07) is 14.4. The molecule has 0 amide bonds. The minimum atomic E-state index is -4.31. The van der Waals surface area contributed by atoms with Gasteiger partial charge in [0.05, 0.1) is 11.6 Å². The molecule has 2 aromatic rings. The number of anilines is 1.